The van der Waals surface area contributed by atoms with Crippen LogP contribution < -0.4 is 5.32 Å². The zero-order valence-corrected chi connectivity index (χ0v) is 19.8. The van der Waals surface area contributed by atoms with Gasteiger partial charge in [0, 0.05) is 30.5 Å². The van der Waals surface area contributed by atoms with Crippen molar-refractivity contribution in [2.45, 2.75) is 70.8 Å². The molecular formula is C29H35NO2. The smallest absolute Gasteiger partial charge is 0.156 e. The van der Waals surface area contributed by atoms with E-state index < -0.39 is 5.60 Å². The van der Waals surface area contributed by atoms with E-state index in [-0.39, 0.29) is 23.0 Å². The van der Waals surface area contributed by atoms with Crippen LogP contribution in [0.3, 0.4) is 0 Å². The first-order chi connectivity index (χ1) is 15.3. The molecule has 0 spiro atoms. The summed E-state index contributed by atoms with van der Waals surface area (Å²) in [5, 5.41) is 15.2. The second kappa shape index (κ2) is 7.63. The largest absolute Gasteiger partial charge is 0.388 e. The van der Waals surface area contributed by atoms with Gasteiger partial charge < -0.3 is 10.4 Å². The first-order valence-corrected chi connectivity index (χ1v) is 12.2. The van der Waals surface area contributed by atoms with Gasteiger partial charge in [-0.25, -0.2) is 0 Å². The van der Waals surface area contributed by atoms with Crippen LogP contribution >= 0.6 is 0 Å². The summed E-state index contributed by atoms with van der Waals surface area (Å²) in [5.74, 6) is 7.93. The Labute approximate surface area is 192 Å². The van der Waals surface area contributed by atoms with E-state index in [1.54, 1.807) is 5.57 Å². The van der Waals surface area contributed by atoms with Crippen molar-refractivity contribution in [1.82, 2.24) is 0 Å². The van der Waals surface area contributed by atoms with Gasteiger partial charge in [-0.3, -0.25) is 4.79 Å². The van der Waals surface area contributed by atoms with Crippen molar-refractivity contribution >= 4 is 11.5 Å². The zero-order valence-electron chi connectivity index (χ0n) is 19.8. The molecule has 32 heavy (non-hydrogen) atoms. The molecule has 2 fully saturated rings. The highest BCUT2D eigenvalue weighted by Crippen LogP contribution is 2.67. The molecule has 0 amide bonds. The van der Waals surface area contributed by atoms with Gasteiger partial charge in [0.1, 0.15) is 5.60 Å². The zero-order chi connectivity index (χ0) is 22.7. The van der Waals surface area contributed by atoms with E-state index in [0.717, 1.165) is 37.8 Å². The predicted octanol–water partition coefficient (Wildman–Crippen LogP) is 5.63. The number of aliphatic hydroxyl groups is 1. The molecule has 3 heteroatoms. The van der Waals surface area contributed by atoms with Crippen LogP contribution in [0.15, 0.2) is 47.1 Å². The number of fused-ring (bicyclic) bond motifs is 4. The Balaban J connectivity index is 1.70. The van der Waals surface area contributed by atoms with E-state index in [0.29, 0.717) is 18.3 Å². The van der Waals surface area contributed by atoms with Gasteiger partial charge in [0.15, 0.2) is 5.78 Å². The van der Waals surface area contributed by atoms with E-state index in [9.17, 15) is 9.90 Å². The Kier molecular flexibility index (Phi) is 5.13. The molecule has 1 aromatic carbocycles. The number of hydrogen-bond donors (Lipinski definition) is 2. The number of allylic oxidation sites excluding steroid dienone is 4. The van der Waals surface area contributed by atoms with Crippen LogP contribution in [0.4, 0.5) is 5.69 Å². The lowest BCUT2D eigenvalue weighted by Crippen LogP contribution is -2.52. The standard InChI is InChI=1S/C29H35NO2/c1-5-14-29(32)18(2)15-26-24-12-8-20-16-22(31)11-13-23(20)27(24)25(17-28(26,29)3)19-6-9-21(30-4)10-7-19/h6-7,9-10,16,18,24-26,30,32H,8,11-13,15,17H2,1-4H3/t18-,24+,25-,26+,28+,29+/m1/s1. The maximum atomic E-state index is 12.2. The lowest BCUT2D eigenvalue weighted by Gasteiger charge is -2.54. The average Bonchev–Trinajstić information content (AvgIpc) is 2.99. The first-order valence-electron chi connectivity index (χ1n) is 12.2. The lowest BCUT2D eigenvalue weighted by atomic mass is 9.51. The summed E-state index contributed by atoms with van der Waals surface area (Å²) in [6, 6.07) is 8.81. The van der Waals surface area contributed by atoms with Crippen LogP contribution in [-0.4, -0.2) is 23.5 Å². The second-order valence-electron chi connectivity index (χ2n) is 10.6. The van der Waals surface area contributed by atoms with Crippen molar-refractivity contribution in [3.63, 3.8) is 0 Å². The second-order valence-corrected chi connectivity index (χ2v) is 10.6. The molecule has 0 aliphatic heterocycles. The molecule has 1 aromatic rings. The first kappa shape index (κ1) is 21.5. The summed E-state index contributed by atoms with van der Waals surface area (Å²) in [7, 11) is 1.95. The summed E-state index contributed by atoms with van der Waals surface area (Å²) in [4.78, 5) is 12.2. The van der Waals surface area contributed by atoms with E-state index >= 15 is 0 Å². The molecular weight excluding hydrogens is 394 g/mol. The fourth-order valence-corrected chi connectivity index (χ4v) is 7.63. The Hall–Kier alpha value is -2.31. The lowest BCUT2D eigenvalue weighted by molar-refractivity contribution is -0.114. The minimum absolute atomic E-state index is 0.159. The molecule has 3 nitrogen and oxygen atoms in total. The topological polar surface area (TPSA) is 49.3 Å². The minimum atomic E-state index is -0.954. The average molecular weight is 430 g/mol. The molecule has 5 rings (SSSR count). The summed E-state index contributed by atoms with van der Waals surface area (Å²) >= 11 is 0. The van der Waals surface area contributed by atoms with Crippen LogP contribution in [0.2, 0.25) is 0 Å². The normalized spacial score (nSPS) is 38.2. The monoisotopic (exact) mass is 429 g/mol. The van der Waals surface area contributed by atoms with Crippen LogP contribution in [-0.2, 0) is 4.79 Å². The van der Waals surface area contributed by atoms with Crippen LogP contribution in [0.1, 0.15) is 70.8 Å². The van der Waals surface area contributed by atoms with Gasteiger partial charge >= 0.3 is 0 Å². The number of hydrogen-bond acceptors (Lipinski definition) is 3. The summed E-state index contributed by atoms with van der Waals surface area (Å²) in [6.45, 7) is 6.34. The third-order valence-electron chi connectivity index (χ3n) is 9.23. The maximum absolute atomic E-state index is 12.2. The number of benzene rings is 1. The van der Waals surface area contributed by atoms with Gasteiger partial charge in [-0.2, -0.15) is 0 Å². The molecule has 168 valence electrons. The van der Waals surface area contributed by atoms with E-state index in [1.807, 2.05) is 20.0 Å². The van der Waals surface area contributed by atoms with Gasteiger partial charge in [-0.05, 0) is 91.7 Å². The highest BCUT2D eigenvalue weighted by atomic mass is 16.3. The molecule has 2 saturated carbocycles. The third-order valence-corrected chi connectivity index (χ3v) is 9.23. The molecule has 2 N–H and O–H groups in total. The van der Waals surface area contributed by atoms with E-state index in [4.69, 9.17) is 0 Å². The molecule has 0 bridgehead atoms. The molecule has 0 radical (unpaired) electrons. The van der Waals surface area contributed by atoms with Crippen molar-refractivity contribution in [1.29, 1.82) is 0 Å². The Morgan fingerprint density at radius 1 is 1.16 bits per heavy atom. The third kappa shape index (κ3) is 2.96. The number of carbonyl (C=O) groups excluding carboxylic acids is 1. The number of rotatable bonds is 2. The summed E-state index contributed by atoms with van der Waals surface area (Å²) < 4.78 is 0. The molecule has 0 aromatic heterocycles. The maximum Gasteiger partial charge on any atom is 0.156 e. The van der Waals surface area contributed by atoms with Gasteiger partial charge in [-0.1, -0.05) is 37.5 Å². The summed E-state index contributed by atoms with van der Waals surface area (Å²) in [6.07, 6.45) is 7.41. The fraction of sp³-hybridized carbons (Fsp3) is 0.552. The number of anilines is 1. The highest BCUT2D eigenvalue weighted by Gasteiger charge is 2.65. The van der Waals surface area contributed by atoms with Gasteiger partial charge in [-0.15, -0.1) is 5.92 Å². The molecule has 4 aliphatic rings. The highest BCUT2D eigenvalue weighted by molar-refractivity contribution is 5.93. The van der Waals surface area contributed by atoms with Crippen molar-refractivity contribution in [2.24, 2.45) is 23.2 Å². The quantitative estimate of drug-likeness (QED) is 0.599. The number of carbonyl (C=O) groups is 1. The van der Waals surface area contributed by atoms with E-state index in [2.05, 4.69) is 55.3 Å². The number of nitrogens with one attached hydrogen (secondary N) is 1. The van der Waals surface area contributed by atoms with Crippen LogP contribution in [0.25, 0.3) is 0 Å². The van der Waals surface area contributed by atoms with Crippen molar-refractivity contribution in [2.75, 3.05) is 12.4 Å². The van der Waals surface area contributed by atoms with Crippen molar-refractivity contribution < 1.29 is 9.90 Å². The Morgan fingerprint density at radius 3 is 2.59 bits per heavy atom. The van der Waals surface area contributed by atoms with Crippen molar-refractivity contribution in [3.8, 4) is 11.8 Å². The molecule has 0 unspecified atom stereocenters. The fourth-order valence-electron chi connectivity index (χ4n) is 7.63. The van der Waals surface area contributed by atoms with Crippen LogP contribution in [0, 0.1) is 35.0 Å². The van der Waals surface area contributed by atoms with Gasteiger partial charge in [0.05, 0.1) is 0 Å². The Bertz CT molecular complexity index is 1070. The molecule has 0 heterocycles. The van der Waals surface area contributed by atoms with Gasteiger partial charge in [0.2, 0.25) is 0 Å². The van der Waals surface area contributed by atoms with Crippen molar-refractivity contribution in [3.05, 3.63) is 52.6 Å². The SMILES string of the molecule is CC#C[C@]1(O)[C@H](C)C[C@H]2[C@@H]3CCC4=CC(=O)CCC4=C3[C@@H](c3ccc(NC)cc3)C[C@@]21C. The van der Waals surface area contributed by atoms with Crippen LogP contribution in [0.5, 0.6) is 0 Å². The molecule has 6 atom stereocenters. The van der Waals surface area contributed by atoms with Gasteiger partial charge in [0.25, 0.3) is 0 Å². The summed E-state index contributed by atoms with van der Waals surface area (Å²) in [5.41, 5.74) is 5.53. The minimum Gasteiger partial charge on any atom is -0.388 e. The predicted molar refractivity (Wildman–Crippen MR) is 129 cm³/mol. The molecule has 0 saturated heterocycles. The van der Waals surface area contributed by atoms with E-state index in [1.165, 1.54) is 16.7 Å². The number of ketones is 1. The Morgan fingerprint density at radius 2 is 1.91 bits per heavy atom. The molecule has 4 aliphatic carbocycles.